The van der Waals surface area contributed by atoms with Crippen LogP contribution in [0.1, 0.15) is 45.1 Å². The number of anilines is 1. The molecule has 1 aromatic carbocycles. The van der Waals surface area contributed by atoms with Crippen molar-refractivity contribution in [1.29, 1.82) is 0 Å². The second-order valence-corrected chi connectivity index (χ2v) is 7.76. The molecule has 0 saturated heterocycles. The first kappa shape index (κ1) is 17.9. The van der Waals surface area contributed by atoms with Gasteiger partial charge in [0.15, 0.2) is 0 Å². The third-order valence-corrected chi connectivity index (χ3v) is 5.26. The highest BCUT2D eigenvalue weighted by Gasteiger charge is 2.44. The van der Waals surface area contributed by atoms with Crippen molar-refractivity contribution in [2.24, 2.45) is 11.3 Å². The molecular weight excluding hydrogens is 310 g/mol. The summed E-state index contributed by atoms with van der Waals surface area (Å²) in [7, 11) is 0. The predicted octanol–water partition coefficient (Wildman–Crippen LogP) is 4.16. The fourth-order valence-electron chi connectivity index (χ4n) is 3.17. The van der Waals surface area contributed by atoms with Crippen LogP contribution in [0.4, 0.5) is 5.69 Å². The van der Waals surface area contributed by atoms with E-state index in [1.165, 1.54) is 11.8 Å². The molecule has 1 amide bonds. The number of carboxylic acid groups (broad SMARTS) is 1. The molecule has 1 aliphatic carbocycles. The summed E-state index contributed by atoms with van der Waals surface area (Å²) in [6, 6.07) is 7.69. The van der Waals surface area contributed by atoms with Gasteiger partial charge in [0, 0.05) is 16.9 Å². The van der Waals surface area contributed by atoms with Gasteiger partial charge in [-0.1, -0.05) is 32.4 Å². The molecule has 0 radical (unpaired) electrons. The predicted molar refractivity (Wildman–Crippen MR) is 94.6 cm³/mol. The second-order valence-electron chi connectivity index (χ2n) is 6.77. The van der Waals surface area contributed by atoms with E-state index in [4.69, 9.17) is 5.11 Å². The molecule has 1 fully saturated rings. The smallest absolute Gasteiger partial charge is 0.313 e. The maximum Gasteiger partial charge on any atom is 0.313 e. The number of rotatable bonds is 8. The number of carbonyl (C=O) groups excluding carboxylic acids is 1. The Kier molecular flexibility index (Phi) is 6.10. The summed E-state index contributed by atoms with van der Waals surface area (Å²) in [5.41, 5.74) is 1.64. The molecule has 23 heavy (non-hydrogen) atoms. The summed E-state index contributed by atoms with van der Waals surface area (Å²) < 4.78 is 0. The molecule has 2 rings (SSSR count). The van der Waals surface area contributed by atoms with E-state index in [9.17, 15) is 9.59 Å². The molecule has 0 unspecified atom stereocenters. The molecule has 0 atom stereocenters. The van der Waals surface area contributed by atoms with E-state index in [0.29, 0.717) is 11.7 Å². The Morgan fingerprint density at radius 2 is 2.09 bits per heavy atom. The third kappa shape index (κ3) is 4.99. The normalized spacial score (nSPS) is 16.0. The molecule has 5 heteroatoms. The number of aliphatic carboxylic acids is 1. The van der Waals surface area contributed by atoms with Crippen molar-refractivity contribution >= 4 is 29.3 Å². The molecule has 0 heterocycles. The van der Waals surface area contributed by atoms with Gasteiger partial charge in [-0.15, -0.1) is 11.8 Å². The monoisotopic (exact) mass is 335 g/mol. The highest BCUT2D eigenvalue weighted by atomic mass is 32.2. The summed E-state index contributed by atoms with van der Waals surface area (Å²) in [6.45, 7) is 4.32. The first-order valence-electron chi connectivity index (χ1n) is 8.11. The maximum absolute atomic E-state index is 12.7. The third-order valence-electron chi connectivity index (χ3n) is 4.27. The van der Waals surface area contributed by atoms with Gasteiger partial charge in [0.05, 0.1) is 5.75 Å². The molecule has 0 aromatic heterocycles. The Morgan fingerprint density at radius 1 is 1.35 bits per heavy atom. The summed E-state index contributed by atoms with van der Waals surface area (Å²) in [5.74, 6) is 0.564. The van der Waals surface area contributed by atoms with Gasteiger partial charge in [0.1, 0.15) is 0 Å². The van der Waals surface area contributed by atoms with E-state index in [0.717, 1.165) is 36.9 Å². The van der Waals surface area contributed by atoms with Crippen molar-refractivity contribution in [2.75, 3.05) is 11.1 Å². The summed E-state index contributed by atoms with van der Waals surface area (Å²) in [4.78, 5) is 23.2. The van der Waals surface area contributed by atoms with Gasteiger partial charge in [-0.2, -0.15) is 0 Å². The number of benzene rings is 1. The first-order chi connectivity index (χ1) is 10.9. The maximum atomic E-state index is 12.7. The minimum atomic E-state index is -0.805. The van der Waals surface area contributed by atoms with Crippen LogP contribution in [-0.4, -0.2) is 22.7 Å². The summed E-state index contributed by atoms with van der Waals surface area (Å²) in [5, 5.41) is 11.7. The minimum absolute atomic E-state index is 0.0914. The van der Waals surface area contributed by atoms with E-state index < -0.39 is 5.97 Å². The van der Waals surface area contributed by atoms with Gasteiger partial charge < -0.3 is 10.4 Å². The zero-order valence-corrected chi connectivity index (χ0v) is 14.6. The first-order valence-corrected chi connectivity index (χ1v) is 9.27. The van der Waals surface area contributed by atoms with E-state index in [-0.39, 0.29) is 17.1 Å². The Hall–Kier alpha value is -1.49. The van der Waals surface area contributed by atoms with E-state index in [1.54, 1.807) is 0 Å². The van der Waals surface area contributed by atoms with Gasteiger partial charge in [-0.25, -0.2) is 0 Å². The fraction of sp³-hybridized carbons (Fsp3) is 0.556. The molecule has 1 aliphatic rings. The van der Waals surface area contributed by atoms with Crippen molar-refractivity contribution in [3.05, 3.63) is 29.8 Å². The van der Waals surface area contributed by atoms with Crippen molar-refractivity contribution in [2.45, 2.75) is 45.3 Å². The lowest BCUT2D eigenvalue weighted by Crippen LogP contribution is -2.42. The SMILES string of the molecule is CC(C)CC1(C(=O)Nc2cccc(CSCC(=O)O)c2)CCC1. The van der Waals surface area contributed by atoms with Gasteiger partial charge in [-0.3, -0.25) is 9.59 Å². The quantitative estimate of drug-likeness (QED) is 0.748. The number of thioether (sulfide) groups is 1. The van der Waals surface area contributed by atoms with Crippen LogP contribution in [0.15, 0.2) is 24.3 Å². The molecular formula is C18H25NO3S. The van der Waals surface area contributed by atoms with Crippen LogP contribution in [0.2, 0.25) is 0 Å². The number of hydrogen-bond donors (Lipinski definition) is 2. The summed E-state index contributed by atoms with van der Waals surface area (Å²) in [6.07, 6.45) is 4.02. The van der Waals surface area contributed by atoms with Gasteiger partial charge in [-0.05, 0) is 42.9 Å². The van der Waals surface area contributed by atoms with Crippen LogP contribution >= 0.6 is 11.8 Å². The van der Waals surface area contributed by atoms with Crippen LogP contribution in [-0.2, 0) is 15.3 Å². The molecule has 2 N–H and O–H groups in total. The Morgan fingerprint density at radius 3 is 2.65 bits per heavy atom. The number of hydrogen-bond acceptors (Lipinski definition) is 3. The molecule has 0 aliphatic heterocycles. The van der Waals surface area contributed by atoms with Crippen molar-refractivity contribution in [3.8, 4) is 0 Å². The Balaban J connectivity index is 1.96. The molecule has 4 nitrogen and oxygen atoms in total. The van der Waals surface area contributed by atoms with Crippen LogP contribution in [0.3, 0.4) is 0 Å². The molecule has 1 saturated carbocycles. The highest BCUT2D eigenvalue weighted by molar-refractivity contribution is 7.99. The summed E-state index contributed by atoms with van der Waals surface area (Å²) >= 11 is 1.36. The van der Waals surface area contributed by atoms with Crippen LogP contribution < -0.4 is 5.32 Å². The number of carboxylic acids is 1. The van der Waals surface area contributed by atoms with E-state index in [2.05, 4.69) is 19.2 Å². The zero-order chi connectivity index (χ0) is 16.9. The van der Waals surface area contributed by atoms with Crippen LogP contribution in [0.5, 0.6) is 0 Å². The number of carbonyl (C=O) groups is 2. The average Bonchev–Trinajstić information content (AvgIpc) is 2.42. The van der Waals surface area contributed by atoms with Crippen molar-refractivity contribution in [3.63, 3.8) is 0 Å². The van der Waals surface area contributed by atoms with Crippen molar-refractivity contribution in [1.82, 2.24) is 0 Å². The molecule has 126 valence electrons. The Bertz CT molecular complexity index is 567. The van der Waals surface area contributed by atoms with Gasteiger partial charge in [0.2, 0.25) is 5.91 Å². The standard InChI is InChI=1S/C18H25NO3S/c1-13(2)10-18(7-4-8-18)17(22)19-15-6-3-5-14(9-15)11-23-12-16(20)21/h3,5-6,9,13H,4,7-8,10-12H2,1-2H3,(H,19,22)(H,20,21). The van der Waals surface area contributed by atoms with Gasteiger partial charge >= 0.3 is 5.97 Å². The lowest BCUT2D eigenvalue weighted by Gasteiger charge is -2.41. The van der Waals surface area contributed by atoms with E-state index in [1.807, 2.05) is 24.3 Å². The van der Waals surface area contributed by atoms with E-state index >= 15 is 0 Å². The van der Waals surface area contributed by atoms with Crippen LogP contribution in [0, 0.1) is 11.3 Å². The highest BCUT2D eigenvalue weighted by Crippen LogP contribution is 2.46. The Labute approximate surface area is 142 Å². The topological polar surface area (TPSA) is 66.4 Å². The molecule has 0 bridgehead atoms. The lowest BCUT2D eigenvalue weighted by molar-refractivity contribution is -0.134. The lowest BCUT2D eigenvalue weighted by atomic mass is 9.64. The second kappa shape index (κ2) is 7.86. The van der Waals surface area contributed by atoms with Crippen LogP contribution in [0.25, 0.3) is 0 Å². The molecule has 1 aromatic rings. The molecule has 0 spiro atoms. The number of amides is 1. The zero-order valence-electron chi connectivity index (χ0n) is 13.8. The average molecular weight is 335 g/mol. The van der Waals surface area contributed by atoms with Gasteiger partial charge in [0.25, 0.3) is 0 Å². The minimum Gasteiger partial charge on any atom is -0.481 e. The number of nitrogens with one attached hydrogen (secondary N) is 1. The fourth-order valence-corrected chi connectivity index (χ4v) is 3.86. The largest absolute Gasteiger partial charge is 0.481 e. The van der Waals surface area contributed by atoms with Crippen molar-refractivity contribution < 1.29 is 14.7 Å².